The molecule has 0 saturated heterocycles. The van der Waals surface area contributed by atoms with Gasteiger partial charge in [0.1, 0.15) is 0 Å². The third-order valence-electron chi connectivity index (χ3n) is 0.856. The number of nitrogen functional groups attached to an aromatic ring is 1. The van der Waals surface area contributed by atoms with Gasteiger partial charge in [-0.2, -0.15) is 0 Å². The SMILES string of the molecule is Nc1nnnn1CCBr. The van der Waals surface area contributed by atoms with Crippen LogP contribution in [0.2, 0.25) is 0 Å². The molecule has 50 valence electrons. The Balaban J connectivity index is 2.69. The molecule has 9 heavy (non-hydrogen) atoms. The fraction of sp³-hybridized carbons (Fsp3) is 0.667. The summed E-state index contributed by atoms with van der Waals surface area (Å²) in [7, 11) is 0. The molecule has 1 rings (SSSR count). The second-order valence-electron chi connectivity index (χ2n) is 1.45. The van der Waals surface area contributed by atoms with Gasteiger partial charge in [-0.15, -0.1) is 0 Å². The van der Waals surface area contributed by atoms with Gasteiger partial charge in [-0.3, -0.25) is 0 Å². The van der Waals surface area contributed by atoms with Gasteiger partial charge in [0.2, 0.25) is 5.95 Å². The predicted octanol–water partition coefficient (Wildman–Crippen LogP) is -0.350. The second kappa shape index (κ2) is 2.77. The number of nitrogens with two attached hydrogens (primary N) is 1. The minimum absolute atomic E-state index is 0.356. The van der Waals surface area contributed by atoms with Crippen molar-refractivity contribution >= 4 is 21.9 Å². The van der Waals surface area contributed by atoms with Crippen LogP contribution in [0.3, 0.4) is 0 Å². The average molecular weight is 192 g/mol. The predicted molar refractivity (Wildman–Crippen MR) is 36.0 cm³/mol. The Bertz CT molecular complexity index is 184. The van der Waals surface area contributed by atoms with Gasteiger partial charge in [0.05, 0.1) is 6.54 Å². The molecule has 0 fully saturated rings. The third-order valence-corrected chi connectivity index (χ3v) is 1.21. The minimum Gasteiger partial charge on any atom is -0.367 e. The molecule has 0 aromatic carbocycles. The topological polar surface area (TPSA) is 69.6 Å². The van der Waals surface area contributed by atoms with Gasteiger partial charge in [-0.25, -0.2) is 4.68 Å². The molecule has 0 atom stereocenters. The number of halogens is 1. The maximum absolute atomic E-state index is 5.33. The molecule has 0 aliphatic heterocycles. The van der Waals surface area contributed by atoms with E-state index in [1.165, 1.54) is 4.68 Å². The fourth-order valence-electron chi connectivity index (χ4n) is 0.451. The van der Waals surface area contributed by atoms with Crippen LogP contribution < -0.4 is 5.73 Å². The normalized spacial score (nSPS) is 9.89. The number of rotatable bonds is 2. The van der Waals surface area contributed by atoms with Crippen molar-refractivity contribution < 1.29 is 0 Å². The van der Waals surface area contributed by atoms with Crippen LogP contribution in [0.15, 0.2) is 0 Å². The van der Waals surface area contributed by atoms with Crippen molar-refractivity contribution in [3.05, 3.63) is 0 Å². The Morgan fingerprint density at radius 2 is 2.44 bits per heavy atom. The fourth-order valence-corrected chi connectivity index (χ4v) is 0.787. The Hall–Kier alpha value is -0.650. The van der Waals surface area contributed by atoms with Gasteiger partial charge >= 0.3 is 0 Å². The maximum Gasteiger partial charge on any atom is 0.240 e. The minimum atomic E-state index is 0.356. The summed E-state index contributed by atoms with van der Waals surface area (Å²) in [5.41, 5.74) is 5.33. The zero-order valence-corrected chi connectivity index (χ0v) is 6.24. The number of aromatic nitrogens is 4. The van der Waals surface area contributed by atoms with Crippen LogP contribution in [0.25, 0.3) is 0 Å². The monoisotopic (exact) mass is 191 g/mol. The molecule has 0 saturated carbocycles. The van der Waals surface area contributed by atoms with Gasteiger partial charge in [0.15, 0.2) is 0 Å². The molecule has 1 heterocycles. The van der Waals surface area contributed by atoms with E-state index in [2.05, 4.69) is 31.5 Å². The highest BCUT2D eigenvalue weighted by molar-refractivity contribution is 9.09. The lowest BCUT2D eigenvalue weighted by molar-refractivity contribution is 0.640. The highest BCUT2D eigenvalue weighted by Gasteiger charge is 1.96. The standard InChI is InChI=1S/C3H6BrN5/c4-1-2-9-3(5)6-7-8-9/h1-2H2,(H2,5,6,8). The molecular formula is C3H6BrN5. The Labute approximate surface area is 60.4 Å². The lowest BCUT2D eigenvalue weighted by Crippen LogP contribution is -2.05. The molecule has 0 unspecified atom stereocenters. The van der Waals surface area contributed by atoms with Crippen molar-refractivity contribution in [1.29, 1.82) is 0 Å². The maximum atomic E-state index is 5.33. The molecule has 6 heteroatoms. The number of hydrogen-bond donors (Lipinski definition) is 1. The summed E-state index contributed by atoms with van der Waals surface area (Å²) in [4.78, 5) is 0. The van der Waals surface area contributed by atoms with Crippen LogP contribution in [0.1, 0.15) is 0 Å². The van der Waals surface area contributed by atoms with E-state index in [1.807, 2.05) is 0 Å². The molecule has 0 spiro atoms. The lowest BCUT2D eigenvalue weighted by Gasteiger charge is -1.93. The first kappa shape index (κ1) is 6.47. The van der Waals surface area contributed by atoms with Gasteiger partial charge in [-0.05, 0) is 10.4 Å². The first-order valence-corrected chi connectivity index (χ1v) is 3.54. The zero-order chi connectivity index (χ0) is 6.69. The number of hydrogen-bond acceptors (Lipinski definition) is 4. The number of tetrazole rings is 1. The average Bonchev–Trinajstić information content (AvgIpc) is 2.18. The number of anilines is 1. The summed E-state index contributed by atoms with van der Waals surface area (Å²) < 4.78 is 1.52. The van der Waals surface area contributed by atoms with Crippen LogP contribution in [0.5, 0.6) is 0 Å². The second-order valence-corrected chi connectivity index (χ2v) is 2.24. The van der Waals surface area contributed by atoms with E-state index in [1.54, 1.807) is 0 Å². The lowest BCUT2D eigenvalue weighted by atomic mass is 10.7. The third kappa shape index (κ3) is 1.38. The van der Waals surface area contributed by atoms with Gasteiger partial charge in [0, 0.05) is 5.33 Å². The Morgan fingerprint density at radius 3 is 2.89 bits per heavy atom. The van der Waals surface area contributed by atoms with Gasteiger partial charge < -0.3 is 5.73 Å². The van der Waals surface area contributed by atoms with E-state index in [0.717, 1.165) is 5.33 Å². The van der Waals surface area contributed by atoms with Crippen molar-refractivity contribution in [3.8, 4) is 0 Å². The van der Waals surface area contributed by atoms with E-state index in [0.29, 0.717) is 12.5 Å². The molecule has 1 aromatic rings. The zero-order valence-electron chi connectivity index (χ0n) is 4.66. The van der Waals surface area contributed by atoms with E-state index in [4.69, 9.17) is 5.73 Å². The highest BCUT2D eigenvalue weighted by Crippen LogP contribution is 1.92. The smallest absolute Gasteiger partial charge is 0.240 e. The van der Waals surface area contributed by atoms with Crippen molar-refractivity contribution in [2.75, 3.05) is 11.1 Å². The Morgan fingerprint density at radius 1 is 1.67 bits per heavy atom. The summed E-state index contributed by atoms with van der Waals surface area (Å²) >= 11 is 3.23. The van der Waals surface area contributed by atoms with Crippen LogP contribution in [-0.4, -0.2) is 25.5 Å². The van der Waals surface area contributed by atoms with Crippen molar-refractivity contribution in [1.82, 2.24) is 20.2 Å². The molecule has 0 aliphatic carbocycles. The summed E-state index contributed by atoms with van der Waals surface area (Å²) in [6.07, 6.45) is 0. The molecule has 0 aliphatic rings. The van der Waals surface area contributed by atoms with E-state index in [-0.39, 0.29) is 0 Å². The van der Waals surface area contributed by atoms with Crippen molar-refractivity contribution in [2.24, 2.45) is 0 Å². The first-order valence-electron chi connectivity index (χ1n) is 2.42. The number of nitrogens with zero attached hydrogens (tertiary/aromatic N) is 4. The van der Waals surface area contributed by atoms with Gasteiger partial charge in [-0.1, -0.05) is 21.0 Å². The number of alkyl halides is 1. The van der Waals surface area contributed by atoms with E-state index >= 15 is 0 Å². The molecule has 0 bridgehead atoms. The quantitative estimate of drug-likeness (QED) is 0.650. The summed E-state index contributed by atoms with van der Waals surface area (Å²) in [5, 5.41) is 11.3. The first-order chi connectivity index (χ1) is 4.34. The Kier molecular flexibility index (Phi) is 1.99. The van der Waals surface area contributed by atoms with Crippen LogP contribution in [0.4, 0.5) is 5.95 Å². The largest absolute Gasteiger partial charge is 0.367 e. The van der Waals surface area contributed by atoms with E-state index in [9.17, 15) is 0 Å². The molecular weight excluding hydrogens is 186 g/mol. The molecule has 5 nitrogen and oxygen atoms in total. The van der Waals surface area contributed by atoms with Crippen molar-refractivity contribution in [3.63, 3.8) is 0 Å². The van der Waals surface area contributed by atoms with Crippen LogP contribution in [0, 0.1) is 0 Å². The molecule has 2 N–H and O–H groups in total. The summed E-state index contributed by atoms with van der Waals surface area (Å²) in [5.74, 6) is 0.356. The molecule has 0 radical (unpaired) electrons. The molecule has 0 amide bonds. The van der Waals surface area contributed by atoms with Gasteiger partial charge in [0.25, 0.3) is 0 Å². The summed E-state index contributed by atoms with van der Waals surface area (Å²) in [6, 6.07) is 0. The summed E-state index contributed by atoms with van der Waals surface area (Å²) in [6.45, 7) is 0.707. The van der Waals surface area contributed by atoms with Crippen LogP contribution >= 0.6 is 15.9 Å². The van der Waals surface area contributed by atoms with E-state index < -0.39 is 0 Å². The van der Waals surface area contributed by atoms with Crippen molar-refractivity contribution in [2.45, 2.75) is 6.54 Å². The number of aryl methyl sites for hydroxylation is 1. The molecule has 1 aromatic heterocycles. The highest BCUT2D eigenvalue weighted by atomic mass is 79.9. The van der Waals surface area contributed by atoms with Crippen LogP contribution in [-0.2, 0) is 6.54 Å².